The standard InChI is InChI=1S/C39H50N8O6/c1-2-20-46(34-15-16-35-29(25-34)4-3-5-36(35)48)21-18-28-6-8-31(9-7-28)42-43-32-12-10-30(11-13-32)41-38(50)26-40-37(49)19-23-53-24-22-47-27-33(44-45-47)14-17-39(51)52/h3-13,27,34,44-45,48H,2,14-26H2,1H3,(H,40,49)(H,41,50)(H,51,52). The van der Waals surface area contributed by atoms with Crippen molar-refractivity contribution >= 4 is 34.8 Å². The van der Waals surface area contributed by atoms with Gasteiger partial charge in [0.2, 0.25) is 11.8 Å². The second kappa shape index (κ2) is 20.1. The number of hydrazine groups is 2. The molecule has 0 aromatic heterocycles. The van der Waals surface area contributed by atoms with Crippen LogP contribution in [0.25, 0.3) is 0 Å². The lowest BCUT2D eigenvalue weighted by molar-refractivity contribution is -0.137. The van der Waals surface area contributed by atoms with Gasteiger partial charge in [-0.05, 0) is 97.8 Å². The van der Waals surface area contributed by atoms with Crippen LogP contribution in [-0.2, 0) is 38.4 Å². The van der Waals surface area contributed by atoms with E-state index in [-0.39, 0.29) is 37.8 Å². The predicted molar refractivity (Wildman–Crippen MR) is 202 cm³/mol. The molecule has 14 nitrogen and oxygen atoms in total. The summed E-state index contributed by atoms with van der Waals surface area (Å²) in [5.41, 5.74) is 12.2. The first-order valence-corrected chi connectivity index (χ1v) is 18.3. The van der Waals surface area contributed by atoms with Crippen LogP contribution in [0, 0.1) is 0 Å². The lowest BCUT2D eigenvalue weighted by atomic mass is 9.86. The molecular weight excluding hydrogens is 676 g/mol. The molecule has 0 fully saturated rings. The van der Waals surface area contributed by atoms with Gasteiger partial charge in [0.1, 0.15) is 5.75 Å². The second-order valence-corrected chi connectivity index (χ2v) is 13.2. The van der Waals surface area contributed by atoms with E-state index in [1.165, 1.54) is 11.1 Å². The van der Waals surface area contributed by atoms with Gasteiger partial charge in [-0.1, -0.05) is 31.2 Å². The Kier molecular flexibility index (Phi) is 14.7. The fourth-order valence-corrected chi connectivity index (χ4v) is 6.36. The first kappa shape index (κ1) is 38.9. The smallest absolute Gasteiger partial charge is 0.303 e. The fourth-order valence-electron chi connectivity index (χ4n) is 6.36. The Morgan fingerprint density at radius 2 is 1.70 bits per heavy atom. The van der Waals surface area contributed by atoms with Crippen molar-refractivity contribution in [3.63, 3.8) is 0 Å². The number of fused-ring (bicyclic) bond motifs is 1. The van der Waals surface area contributed by atoms with Crippen LogP contribution in [0.4, 0.5) is 17.1 Å². The first-order valence-electron chi connectivity index (χ1n) is 18.3. The third-order valence-electron chi connectivity index (χ3n) is 9.19. The number of benzene rings is 3. The van der Waals surface area contributed by atoms with Crippen molar-refractivity contribution in [1.29, 1.82) is 0 Å². The van der Waals surface area contributed by atoms with Crippen molar-refractivity contribution < 1.29 is 29.3 Å². The number of nitrogens with zero attached hydrogens (tertiary/aromatic N) is 4. The zero-order valence-corrected chi connectivity index (χ0v) is 30.2. The molecule has 0 radical (unpaired) electrons. The van der Waals surface area contributed by atoms with Gasteiger partial charge in [-0.15, -0.1) is 5.53 Å². The first-order chi connectivity index (χ1) is 25.7. The quantitative estimate of drug-likeness (QED) is 0.0677. The maximum Gasteiger partial charge on any atom is 0.303 e. The monoisotopic (exact) mass is 726 g/mol. The van der Waals surface area contributed by atoms with Gasteiger partial charge in [-0.3, -0.25) is 24.3 Å². The number of carbonyl (C=O) groups excluding carboxylic acids is 2. The van der Waals surface area contributed by atoms with Crippen molar-refractivity contribution in [1.82, 2.24) is 26.2 Å². The molecule has 6 N–H and O–H groups in total. The average Bonchev–Trinajstić information content (AvgIpc) is 3.62. The van der Waals surface area contributed by atoms with E-state index in [9.17, 15) is 19.5 Å². The number of anilines is 1. The predicted octanol–water partition coefficient (Wildman–Crippen LogP) is 5.11. The molecule has 5 rings (SSSR count). The van der Waals surface area contributed by atoms with Crippen LogP contribution in [0.15, 0.2) is 88.9 Å². The maximum absolute atomic E-state index is 12.4. The number of aliphatic carboxylic acids is 1. The summed E-state index contributed by atoms with van der Waals surface area (Å²) in [7, 11) is 0. The largest absolute Gasteiger partial charge is 0.508 e. The third kappa shape index (κ3) is 12.7. The summed E-state index contributed by atoms with van der Waals surface area (Å²) in [6.45, 7) is 5.16. The summed E-state index contributed by atoms with van der Waals surface area (Å²) in [5, 5.41) is 34.8. The van der Waals surface area contributed by atoms with Gasteiger partial charge in [0.15, 0.2) is 0 Å². The van der Waals surface area contributed by atoms with Crippen LogP contribution < -0.4 is 21.6 Å². The molecule has 1 aliphatic carbocycles. The number of ether oxygens (including phenoxy) is 1. The molecule has 0 spiro atoms. The molecule has 0 saturated carbocycles. The Hall–Kier alpha value is -5.31. The third-order valence-corrected chi connectivity index (χ3v) is 9.19. The lowest BCUT2D eigenvalue weighted by Crippen LogP contribution is -2.41. The molecule has 0 saturated heterocycles. The number of aromatic hydroxyl groups is 1. The van der Waals surface area contributed by atoms with Crippen LogP contribution in [0.2, 0.25) is 0 Å². The van der Waals surface area contributed by atoms with Crippen LogP contribution in [0.3, 0.4) is 0 Å². The van der Waals surface area contributed by atoms with E-state index in [0.29, 0.717) is 42.7 Å². The van der Waals surface area contributed by atoms with E-state index in [2.05, 4.69) is 61.8 Å². The number of azo groups is 1. The van der Waals surface area contributed by atoms with Crippen LogP contribution in [-0.4, -0.2) is 83.3 Å². The molecular formula is C39H50N8O6. The average molecular weight is 727 g/mol. The van der Waals surface area contributed by atoms with Crippen LogP contribution in [0.1, 0.15) is 55.7 Å². The zero-order chi connectivity index (χ0) is 37.4. The van der Waals surface area contributed by atoms with E-state index < -0.39 is 5.97 Å². The van der Waals surface area contributed by atoms with Gasteiger partial charge in [-0.2, -0.15) is 10.2 Å². The molecule has 0 bridgehead atoms. The molecule has 2 amide bonds. The fraction of sp³-hybridized carbons (Fsp3) is 0.410. The number of nitrogens with one attached hydrogen (secondary N) is 4. The van der Waals surface area contributed by atoms with Crippen molar-refractivity contribution in [2.45, 2.75) is 64.3 Å². The molecule has 3 aromatic carbocycles. The topological polar surface area (TPSA) is 180 Å². The van der Waals surface area contributed by atoms with E-state index in [1.807, 2.05) is 18.2 Å². The van der Waals surface area contributed by atoms with Gasteiger partial charge in [0, 0.05) is 43.0 Å². The highest BCUT2D eigenvalue weighted by atomic mass is 16.5. The summed E-state index contributed by atoms with van der Waals surface area (Å²) >= 11 is 0. The van der Waals surface area contributed by atoms with Gasteiger partial charge in [-0.25, -0.2) is 0 Å². The van der Waals surface area contributed by atoms with E-state index in [1.54, 1.807) is 41.5 Å². The summed E-state index contributed by atoms with van der Waals surface area (Å²) < 4.78 is 5.50. The van der Waals surface area contributed by atoms with Gasteiger partial charge >= 0.3 is 5.97 Å². The molecule has 1 atom stereocenters. The molecule has 1 aliphatic heterocycles. The Labute approximate surface area is 310 Å². The Bertz CT molecular complexity index is 1730. The number of hydrogen-bond acceptors (Lipinski definition) is 11. The van der Waals surface area contributed by atoms with Crippen molar-refractivity contribution in [3.8, 4) is 5.75 Å². The Balaban J connectivity index is 0.962. The maximum atomic E-state index is 12.4. The summed E-state index contributed by atoms with van der Waals surface area (Å²) in [4.78, 5) is 37.8. The van der Waals surface area contributed by atoms with Gasteiger partial charge in [0.05, 0.1) is 44.1 Å². The number of allylic oxidation sites excluding steroid dienone is 1. The highest BCUT2D eigenvalue weighted by molar-refractivity contribution is 5.94. The Morgan fingerprint density at radius 1 is 0.943 bits per heavy atom. The minimum atomic E-state index is -0.858. The number of hydrogen-bond donors (Lipinski definition) is 6. The van der Waals surface area contributed by atoms with Gasteiger partial charge in [0.25, 0.3) is 0 Å². The SMILES string of the molecule is CCCN(CCc1ccc(N=Nc2ccc(NC(=O)CNC(=O)CCOCCN3C=C(CCC(=O)O)NN3)cc2)cc1)C1CCc2c(O)cccc2C1. The number of phenolic OH excluding ortho intramolecular Hbond substituents is 1. The Morgan fingerprint density at radius 3 is 2.43 bits per heavy atom. The minimum Gasteiger partial charge on any atom is -0.508 e. The van der Waals surface area contributed by atoms with Crippen molar-refractivity contribution in [2.75, 3.05) is 44.7 Å². The van der Waals surface area contributed by atoms with Crippen LogP contribution in [0.5, 0.6) is 5.75 Å². The number of rotatable bonds is 20. The van der Waals surface area contributed by atoms with Crippen molar-refractivity contribution in [3.05, 3.63) is 95.3 Å². The van der Waals surface area contributed by atoms with Crippen molar-refractivity contribution in [2.24, 2.45) is 10.2 Å². The highest BCUT2D eigenvalue weighted by Gasteiger charge is 2.25. The molecule has 53 heavy (non-hydrogen) atoms. The highest BCUT2D eigenvalue weighted by Crippen LogP contribution is 2.31. The van der Waals surface area contributed by atoms with Gasteiger partial charge < -0.3 is 31.0 Å². The molecule has 14 heteroatoms. The number of phenols is 1. The lowest BCUT2D eigenvalue weighted by Gasteiger charge is -2.35. The number of amides is 2. The van der Waals surface area contributed by atoms with E-state index in [4.69, 9.17) is 9.84 Å². The molecule has 3 aromatic rings. The van der Waals surface area contributed by atoms with E-state index >= 15 is 0 Å². The van der Waals surface area contributed by atoms with E-state index in [0.717, 1.165) is 62.1 Å². The number of carboxylic acids is 1. The van der Waals surface area contributed by atoms with Crippen LogP contribution >= 0.6 is 0 Å². The molecule has 1 heterocycles. The molecule has 2 aliphatic rings. The summed E-state index contributed by atoms with van der Waals surface area (Å²) in [6, 6.07) is 21.5. The molecule has 1 unspecified atom stereocenters. The summed E-state index contributed by atoms with van der Waals surface area (Å²) in [5.74, 6) is -1.08. The second-order valence-electron chi connectivity index (χ2n) is 13.2. The minimum absolute atomic E-state index is 0.0417. The number of carboxylic acid groups (broad SMARTS) is 1. The molecule has 282 valence electrons. The normalized spacial score (nSPS) is 15.2. The number of carbonyl (C=O) groups is 3. The zero-order valence-electron chi connectivity index (χ0n) is 30.2. The summed E-state index contributed by atoms with van der Waals surface area (Å²) in [6.07, 6.45) is 7.33.